The van der Waals surface area contributed by atoms with Gasteiger partial charge in [-0.15, -0.1) is 0 Å². The molecule has 0 aliphatic carbocycles. The fourth-order valence-corrected chi connectivity index (χ4v) is 2.17. The maximum atomic E-state index is 12.6. The Balaban J connectivity index is 3.14. The van der Waals surface area contributed by atoms with Gasteiger partial charge in [0.1, 0.15) is 11.2 Å². The van der Waals surface area contributed by atoms with Crippen molar-refractivity contribution in [3.05, 3.63) is 34.3 Å². The third-order valence-electron chi connectivity index (χ3n) is 2.92. The minimum Gasteiger partial charge on any atom is -0.443 e. The number of hydrogen-bond donors (Lipinski definition) is 0. The molecule has 1 rings (SSSR count). The second-order valence-electron chi connectivity index (χ2n) is 7.56. The first-order valence-electron chi connectivity index (χ1n) is 7.81. The van der Waals surface area contributed by atoms with Gasteiger partial charge in [0.05, 0.1) is 6.04 Å². The minimum atomic E-state index is -0.729. The van der Waals surface area contributed by atoms with Crippen molar-refractivity contribution in [1.82, 2.24) is 4.90 Å². The Labute approximate surface area is 152 Å². The third-order valence-corrected chi connectivity index (χ3v) is 3.45. The molecular weight excluding hydrogens is 374 g/mol. The summed E-state index contributed by atoms with van der Waals surface area (Å²) in [5.74, 6) is 0. The zero-order valence-corrected chi connectivity index (χ0v) is 16.9. The first kappa shape index (κ1) is 20.5. The molecule has 6 heteroatoms. The van der Waals surface area contributed by atoms with Crippen LogP contribution in [0.3, 0.4) is 0 Å². The molecule has 0 bridgehead atoms. The monoisotopic (exact) mass is 399 g/mol. The molecule has 0 spiro atoms. The van der Waals surface area contributed by atoms with Gasteiger partial charge in [0, 0.05) is 4.47 Å². The predicted octanol–water partition coefficient (Wildman–Crippen LogP) is 5.68. The molecule has 1 atom stereocenters. The van der Waals surface area contributed by atoms with E-state index >= 15 is 0 Å². The number of hydrogen-bond acceptors (Lipinski definition) is 4. The summed E-state index contributed by atoms with van der Waals surface area (Å²) in [7, 11) is 0. The van der Waals surface area contributed by atoms with E-state index in [0.29, 0.717) is 0 Å². The van der Waals surface area contributed by atoms with E-state index in [1.54, 1.807) is 48.5 Å². The zero-order chi connectivity index (χ0) is 18.7. The highest BCUT2D eigenvalue weighted by molar-refractivity contribution is 9.10. The highest BCUT2D eigenvalue weighted by Crippen LogP contribution is 2.26. The van der Waals surface area contributed by atoms with Gasteiger partial charge < -0.3 is 9.47 Å². The average molecular weight is 400 g/mol. The first-order valence-corrected chi connectivity index (χ1v) is 8.60. The summed E-state index contributed by atoms with van der Waals surface area (Å²) in [6.45, 7) is 12.3. The van der Waals surface area contributed by atoms with Crippen molar-refractivity contribution >= 4 is 28.1 Å². The molecule has 134 valence electrons. The molecule has 0 aliphatic heterocycles. The van der Waals surface area contributed by atoms with Crippen LogP contribution in [0.4, 0.5) is 9.59 Å². The molecule has 0 fully saturated rings. The topological polar surface area (TPSA) is 55.8 Å². The van der Waals surface area contributed by atoms with Crippen LogP contribution >= 0.6 is 15.9 Å². The van der Waals surface area contributed by atoms with Crippen LogP contribution in [0, 0.1) is 0 Å². The molecule has 0 radical (unpaired) electrons. The molecule has 2 amide bonds. The van der Waals surface area contributed by atoms with E-state index in [1.807, 2.05) is 24.3 Å². The number of carbonyl (C=O) groups is 2. The maximum absolute atomic E-state index is 12.6. The lowest BCUT2D eigenvalue weighted by Gasteiger charge is -2.32. The first-order chi connectivity index (χ1) is 10.8. The van der Waals surface area contributed by atoms with Gasteiger partial charge in [-0.05, 0) is 66.2 Å². The number of halogens is 1. The van der Waals surface area contributed by atoms with Crippen LogP contribution in [0.15, 0.2) is 28.7 Å². The van der Waals surface area contributed by atoms with Crippen molar-refractivity contribution in [2.75, 3.05) is 0 Å². The van der Waals surface area contributed by atoms with Crippen LogP contribution in [0.5, 0.6) is 0 Å². The summed E-state index contributed by atoms with van der Waals surface area (Å²) < 4.78 is 11.7. The third kappa shape index (κ3) is 6.51. The molecule has 1 aromatic carbocycles. The van der Waals surface area contributed by atoms with Crippen molar-refractivity contribution in [3.8, 4) is 0 Å². The van der Waals surface area contributed by atoms with E-state index in [1.165, 1.54) is 0 Å². The van der Waals surface area contributed by atoms with Crippen molar-refractivity contribution in [1.29, 1.82) is 0 Å². The van der Waals surface area contributed by atoms with Crippen LogP contribution < -0.4 is 0 Å². The number of amides is 2. The fraction of sp³-hybridized carbons (Fsp3) is 0.556. The number of carbonyl (C=O) groups excluding carboxylic acids is 2. The largest absolute Gasteiger partial charge is 0.443 e. The van der Waals surface area contributed by atoms with E-state index in [0.717, 1.165) is 14.9 Å². The van der Waals surface area contributed by atoms with Gasteiger partial charge in [0.15, 0.2) is 0 Å². The number of rotatable bonds is 2. The van der Waals surface area contributed by atoms with E-state index in [9.17, 15) is 9.59 Å². The summed E-state index contributed by atoms with van der Waals surface area (Å²) in [6, 6.07) is 6.87. The highest BCUT2D eigenvalue weighted by atomic mass is 79.9. The standard InChI is InChI=1S/C18H26BrNO4/c1-12(13-8-10-14(19)11-9-13)20(15(21)23-17(2,3)4)16(22)24-18(5,6)7/h8-12H,1-7H3. The van der Waals surface area contributed by atoms with E-state index in [4.69, 9.17) is 9.47 Å². The SMILES string of the molecule is CC(c1ccc(Br)cc1)N(C(=O)OC(C)(C)C)C(=O)OC(C)(C)C. The smallest absolute Gasteiger partial charge is 0.420 e. The molecule has 0 heterocycles. The summed E-state index contributed by atoms with van der Waals surface area (Å²) in [4.78, 5) is 26.1. The summed E-state index contributed by atoms with van der Waals surface area (Å²) in [5.41, 5.74) is -0.622. The summed E-state index contributed by atoms with van der Waals surface area (Å²) in [5, 5.41) is 0. The molecule has 0 aliphatic rings. The van der Waals surface area contributed by atoms with Gasteiger partial charge in [-0.1, -0.05) is 28.1 Å². The molecule has 5 nitrogen and oxygen atoms in total. The minimum absolute atomic E-state index is 0.525. The lowest BCUT2D eigenvalue weighted by Crippen LogP contribution is -2.44. The van der Waals surface area contributed by atoms with Gasteiger partial charge in [-0.2, -0.15) is 0 Å². The molecule has 0 saturated heterocycles. The van der Waals surface area contributed by atoms with Crippen LogP contribution in [-0.4, -0.2) is 28.3 Å². The second kappa shape index (κ2) is 7.55. The predicted molar refractivity (Wildman–Crippen MR) is 96.9 cm³/mol. The Kier molecular flexibility index (Phi) is 6.45. The average Bonchev–Trinajstić information content (AvgIpc) is 2.34. The number of ether oxygens (including phenoxy) is 2. The molecule has 1 aromatic rings. The highest BCUT2D eigenvalue weighted by Gasteiger charge is 2.35. The Morgan fingerprint density at radius 1 is 0.917 bits per heavy atom. The Hall–Kier alpha value is -1.56. The summed E-state index contributed by atoms with van der Waals surface area (Å²) in [6.07, 6.45) is -1.46. The van der Waals surface area contributed by atoms with Crippen LogP contribution in [0.2, 0.25) is 0 Å². The lowest BCUT2D eigenvalue weighted by atomic mass is 10.1. The molecule has 0 aromatic heterocycles. The quantitative estimate of drug-likeness (QED) is 0.641. The van der Waals surface area contributed by atoms with E-state index < -0.39 is 29.4 Å². The van der Waals surface area contributed by atoms with Crippen molar-refractivity contribution < 1.29 is 19.1 Å². The van der Waals surface area contributed by atoms with Gasteiger partial charge >= 0.3 is 12.2 Å². The van der Waals surface area contributed by atoms with E-state index in [2.05, 4.69) is 15.9 Å². The molecule has 0 saturated carbocycles. The number of imide groups is 1. The fourth-order valence-electron chi connectivity index (χ4n) is 1.90. The molecular formula is C18H26BrNO4. The van der Waals surface area contributed by atoms with Crippen LogP contribution in [-0.2, 0) is 9.47 Å². The molecule has 1 unspecified atom stereocenters. The van der Waals surface area contributed by atoms with Gasteiger partial charge in [0.2, 0.25) is 0 Å². The van der Waals surface area contributed by atoms with Gasteiger partial charge in [-0.25, -0.2) is 14.5 Å². The normalized spacial score (nSPS) is 13.2. The van der Waals surface area contributed by atoms with E-state index in [-0.39, 0.29) is 0 Å². The van der Waals surface area contributed by atoms with Crippen molar-refractivity contribution in [2.45, 2.75) is 65.7 Å². The maximum Gasteiger partial charge on any atom is 0.420 e. The Morgan fingerprint density at radius 2 is 1.29 bits per heavy atom. The number of nitrogens with zero attached hydrogens (tertiary/aromatic N) is 1. The molecule has 24 heavy (non-hydrogen) atoms. The van der Waals surface area contributed by atoms with Crippen molar-refractivity contribution in [2.24, 2.45) is 0 Å². The van der Waals surface area contributed by atoms with Crippen molar-refractivity contribution in [3.63, 3.8) is 0 Å². The lowest BCUT2D eigenvalue weighted by molar-refractivity contribution is -0.00608. The van der Waals surface area contributed by atoms with Crippen LogP contribution in [0.1, 0.15) is 60.1 Å². The van der Waals surface area contributed by atoms with Crippen LogP contribution in [0.25, 0.3) is 0 Å². The zero-order valence-electron chi connectivity index (χ0n) is 15.3. The Bertz CT molecular complexity index is 557. The number of benzene rings is 1. The Morgan fingerprint density at radius 3 is 1.62 bits per heavy atom. The summed E-state index contributed by atoms with van der Waals surface area (Å²) >= 11 is 3.37. The van der Waals surface area contributed by atoms with Gasteiger partial charge in [0.25, 0.3) is 0 Å². The molecule has 0 N–H and O–H groups in total. The van der Waals surface area contributed by atoms with Gasteiger partial charge in [-0.3, -0.25) is 0 Å². The second-order valence-corrected chi connectivity index (χ2v) is 8.47.